The average molecular weight is 572 g/mol. The van der Waals surface area contributed by atoms with Crippen molar-refractivity contribution in [1.82, 2.24) is 10.2 Å². The van der Waals surface area contributed by atoms with E-state index in [1.165, 1.54) is 0 Å². The van der Waals surface area contributed by atoms with Gasteiger partial charge in [0.05, 0.1) is 7.11 Å². The number of nitrogens with one attached hydrogen (secondary N) is 2. The summed E-state index contributed by atoms with van der Waals surface area (Å²) in [6.07, 6.45) is 1.11. The molecule has 1 aliphatic carbocycles. The molecule has 42 heavy (non-hydrogen) atoms. The predicted molar refractivity (Wildman–Crippen MR) is 163 cm³/mol. The average Bonchev–Trinajstić information content (AvgIpc) is 3.77. The molecule has 8 nitrogen and oxygen atoms in total. The van der Waals surface area contributed by atoms with Crippen LogP contribution in [0.2, 0.25) is 0 Å². The molecule has 0 radical (unpaired) electrons. The van der Waals surface area contributed by atoms with E-state index in [-0.39, 0.29) is 24.3 Å². The molecule has 222 valence electrons. The van der Waals surface area contributed by atoms with Crippen LogP contribution in [0.15, 0.2) is 72.8 Å². The number of amides is 3. The van der Waals surface area contributed by atoms with E-state index in [0.717, 1.165) is 35.1 Å². The largest absolute Gasteiger partial charge is 0.497 e. The molecule has 0 spiro atoms. The van der Waals surface area contributed by atoms with Gasteiger partial charge in [-0.2, -0.15) is 0 Å². The van der Waals surface area contributed by atoms with E-state index in [2.05, 4.69) is 10.6 Å². The number of anilines is 1. The smallest absolute Gasteiger partial charge is 0.408 e. The third kappa shape index (κ3) is 8.12. The Balaban J connectivity index is 1.73. The molecule has 3 aromatic rings. The van der Waals surface area contributed by atoms with Crippen LogP contribution in [0.4, 0.5) is 10.5 Å². The summed E-state index contributed by atoms with van der Waals surface area (Å²) in [7, 11) is 1.58. The Morgan fingerprint density at radius 1 is 0.952 bits per heavy atom. The first-order chi connectivity index (χ1) is 19.9. The third-order valence-corrected chi connectivity index (χ3v) is 7.07. The first kappa shape index (κ1) is 30.6. The molecule has 3 aromatic carbocycles. The minimum absolute atomic E-state index is 0.136. The van der Waals surface area contributed by atoms with Crippen molar-refractivity contribution in [3.05, 3.63) is 95.1 Å². The summed E-state index contributed by atoms with van der Waals surface area (Å²) in [5.74, 6) is 0.0100. The zero-order chi connectivity index (χ0) is 30.4. The minimum atomic E-state index is -0.940. The Bertz CT molecular complexity index is 1390. The van der Waals surface area contributed by atoms with Crippen LogP contribution in [0.25, 0.3) is 0 Å². The van der Waals surface area contributed by atoms with E-state index in [1.807, 2.05) is 62.4 Å². The van der Waals surface area contributed by atoms with Crippen LogP contribution in [0.5, 0.6) is 5.75 Å². The fraction of sp³-hybridized carbons (Fsp3) is 0.382. The summed E-state index contributed by atoms with van der Waals surface area (Å²) >= 11 is 0. The molecule has 2 unspecified atom stereocenters. The van der Waals surface area contributed by atoms with Crippen molar-refractivity contribution in [2.24, 2.45) is 0 Å². The second-order valence-corrected chi connectivity index (χ2v) is 11.8. The lowest BCUT2D eigenvalue weighted by atomic mass is 9.95. The van der Waals surface area contributed by atoms with Gasteiger partial charge in [-0.3, -0.25) is 9.59 Å². The number of carbonyl (C=O) groups is 3. The van der Waals surface area contributed by atoms with Crippen molar-refractivity contribution in [3.8, 4) is 5.75 Å². The third-order valence-electron chi connectivity index (χ3n) is 7.07. The number of benzene rings is 3. The highest BCUT2D eigenvalue weighted by Gasteiger charge is 2.44. The molecule has 0 aliphatic heterocycles. The van der Waals surface area contributed by atoms with Crippen LogP contribution in [-0.4, -0.2) is 47.6 Å². The van der Waals surface area contributed by atoms with E-state index >= 15 is 0 Å². The van der Waals surface area contributed by atoms with Gasteiger partial charge in [-0.15, -0.1) is 0 Å². The molecule has 0 heterocycles. The van der Waals surface area contributed by atoms with E-state index in [1.54, 1.807) is 57.0 Å². The van der Waals surface area contributed by atoms with Gasteiger partial charge in [0.25, 0.3) is 5.91 Å². The first-order valence-corrected chi connectivity index (χ1v) is 14.3. The molecule has 8 heteroatoms. The zero-order valence-corrected chi connectivity index (χ0v) is 25.3. The number of alkyl carbamates (subject to hydrolysis) is 1. The summed E-state index contributed by atoms with van der Waals surface area (Å²) in [4.78, 5) is 43.3. The first-order valence-electron chi connectivity index (χ1n) is 14.3. The van der Waals surface area contributed by atoms with Gasteiger partial charge in [0.1, 0.15) is 23.4 Å². The molecule has 0 aromatic heterocycles. The Kier molecular flexibility index (Phi) is 9.55. The highest BCUT2D eigenvalue weighted by Crippen LogP contribution is 2.37. The summed E-state index contributed by atoms with van der Waals surface area (Å²) < 4.78 is 10.8. The minimum Gasteiger partial charge on any atom is -0.497 e. The summed E-state index contributed by atoms with van der Waals surface area (Å²) in [5.41, 5.74) is 3.44. The lowest BCUT2D eigenvalue weighted by Gasteiger charge is -2.35. The fourth-order valence-corrected chi connectivity index (χ4v) is 4.99. The van der Waals surface area contributed by atoms with Gasteiger partial charge in [0.15, 0.2) is 0 Å². The number of aryl methyl sites for hydroxylation is 2. The summed E-state index contributed by atoms with van der Waals surface area (Å²) in [6, 6.07) is 20.5. The normalized spacial score (nSPS) is 14.3. The summed E-state index contributed by atoms with van der Waals surface area (Å²) in [6.45, 7) is 9.27. The van der Waals surface area contributed by atoms with Crippen LogP contribution >= 0.6 is 0 Å². The SMILES string of the molecule is COc1ccc(NC(=O)C(c2ccc(C)cc2C)N(C(=O)C(Cc2ccccc2)NC(=O)OC(C)(C)C)C2CC2)cc1. The molecule has 0 bridgehead atoms. The van der Waals surface area contributed by atoms with Crippen molar-refractivity contribution < 1.29 is 23.9 Å². The standard InChI is InChI=1S/C34H41N3O5/c1-22-12-19-28(23(2)20-22)30(31(38)35-25-13-17-27(41-6)18-14-25)37(26-15-16-26)32(39)29(21-24-10-8-7-9-11-24)36-33(40)42-34(3,4)5/h7-14,17-20,26,29-30H,15-16,21H2,1-6H3,(H,35,38)(H,36,40). The Labute approximate surface area is 248 Å². The molecular formula is C34H41N3O5. The molecule has 2 atom stereocenters. The van der Waals surface area contributed by atoms with Crippen molar-refractivity contribution >= 4 is 23.6 Å². The molecular weight excluding hydrogens is 530 g/mol. The van der Waals surface area contributed by atoms with Crippen molar-refractivity contribution in [2.45, 2.75) is 77.6 Å². The van der Waals surface area contributed by atoms with Crippen molar-refractivity contribution in [2.75, 3.05) is 12.4 Å². The Morgan fingerprint density at radius 2 is 1.62 bits per heavy atom. The van der Waals surface area contributed by atoms with E-state index in [4.69, 9.17) is 9.47 Å². The lowest BCUT2D eigenvalue weighted by Crippen LogP contribution is -2.54. The molecule has 1 aliphatic rings. The van der Waals surface area contributed by atoms with Crippen LogP contribution in [0.1, 0.15) is 61.9 Å². The van der Waals surface area contributed by atoms with Crippen LogP contribution in [-0.2, 0) is 20.7 Å². The molecule has 0 saturated heterocycles. The van der Waals surface area contributed by atoms with E-state index in [0.29, 0.717) is 11.4 Å². The maximum absolute atomic E-state index is 14.5. The highest BCUT2D eigenvalue weighted by molar-refractivity contribution is 5.99. The second-order valence-electron chi connectivity index (χ2n) is 11.8. The Morgan fingerprint density at radius 3 is 2.19 bits per heavy atom. The Hall–Kier alpha value is -4.33. The van der Waals surface area contributed by atoms with Gasteiger partial charge in [0.2, 0.25) is 5.91 Å². The number of nitrogens with zero attached hydrogens (tertiary/aromatic N) is 1. The fourth-order valence-electron chi connectivity index (χ4n) is 4.99. The highest BCUT2D eigenvalue weighted by atomic mass is 16.6. The number of hydrogen-bond acceptors (Lipinski definition) is 5. The van der Waals surface area contributed by atoms with Crippen molar-refractivity contribution in [3.63, 3.8) is 0 Å². The molecule has 1 fully saturated rings. The lowest BCUT2D eigenvalue weighted by molar-refractivity contribution is -0.141. The molecule has 1 saturated carbocycles. The van der Waals surface area contributed by atoms with Crippen LogP contribution < -0.4 is 15.4 Å². The van der Waals surface area contributed by atoms with E-state index in [9.17, 15) is 14.4 Å². The topological polar surface area (TPSA) is 97.0 Å². The quantitative estimate of drug-likeness (QED) is 0.306. The van der Waals surface area contributed by atoms with Gasteiger partial charge in [0, 0.05) is 18.2 Å². The molecule has 4 rings (SSSR count). The van der Waals surface area contributed by atoms with Gasteiger partial charge in [-0.25, -0.2) is 4.79 Å². The van der Waals surface area contributed by atoms with Gasteiger partial charge >= 0.3 is 6.09 Å². The van der Waals surface area contributed by atoms with Crippen molar-refractivity contribution in [1.29, 1.82) is 0 Å². The van der Waals surface area contributed by atoms with Gasteiger partial charge in [-0.05, 0) is 88.4 Å². The van der Waals surface area contributed by atoms with Crippen LogP contribution in [0, 0.1) is 13.8 Å². The predicted octanol–water partition coefficient (Wildman–Crippen LogP) is 6.12. The van der Waals surface area contributed by atoms with E-state index < -0.39 is 23.8 Å². The summed E-state index contributed by atoms with van der Waals surface area (Å²) in [5, 5.41) is 5.83. The number of hydrogen-bond donors (Lipinski definition) is 2. The van der Waals surface area contributed by atoms with Crippen LogP contribution in [0.3, 0.4) is 0 Å². The van der Waals surface area contributed by atoms with Gasteiger partial charge in [-0.1, -0.05) is 54.1 Å². The second kappa shape index (κ2) is 13.1. The number of rotatable bonds is 10. The molecule has 3 amide bonds. The maximum Gasteiger partial charge on any atom is 0.408 e. The zero-order valence-electron chi connectivity index (χ0n) is 25.3. The maximum atomic E-state index is 14.5. The number of ether oxygens (including phenoxy) is 2. The number of carbonyl (C=O) groups excluding carboxylic acids is 3. The number of methoxy groups -OCH3 is 1. The molecule has 2 N–H and O–H groups in total. The monoisotopic (exact) mass is 571 g/mol. The van der Waals surface area contributed by atoms with Gasteiger partial charge < -0.3 is 25.0 Å².